The summed E-state index contributed by atoms with van der Waals surface area (Å²) in [6, 6.07) is 6.39. The van der Waals surface area contributed by atoms with Crippen LogP contribution in [-0.4, -0.2) is 31.1 Å². The van der Waals surface area contributed by atoms with Gasteiger partial charge in [0.25, 0.3) is 0 Å². The van der Waals surface area contributed by atoms with Crippen LogP contribution in [0.15, 0.2) is 18.2 Å². The normalized spacial score (nSPS) is 16.1. The van der Waals surface area contributed by atoms with Crippen LogP contribution in [-0.2, 0) is 0 Å². The van der Waals surface area contributed by atoms with Crippen molar-refractivity contribution in [1.82, 2.24) is 4.90 Å². The molecule has 1 saturated heterocycles. The fraction of sp³-hybridized carbons (Fsp3) is 0.625. The van der Waals surface area contributed by atoms with E-state index < -0.39 is 0 Å². The van der Waals surface area contributed by atoms with Gasteiger partial charge >= 0.3 is 0 Å². The van der Waals surface area contributed by atoms with Gasteiger partial charge in [0.2, 0.25) is 0 Å². The molecule has 1 aliphatic heterocycles. The zero-order valence-corrected chi connectivity index (χ0v) is 11.7. The molecule has 18 heavy (non-hydrogen) atoms. The fourth-order valence-corrected chi connectivity index (χ4v) is 2.59. The van der Waals surface area contributed by atoms with Crippen molar-refractivity contribution in [3.05, 3.63) is 29.3 Å². The third-order valence-electron chi connectivity index (χ3n) is 3.66. The Kier molecular flexibility index (Phi) is 5.06. The number of hydrogen-bond acceptors (Lipinski definition) is 2. The van der Waals surface area contributed by atoms with Crippen LogP contribution in [0.2, 0.25) is 0 Å². The highest BCUT2D eigenvalue weighted by Gasteiger charge is 2.10. The molecule has 0 saturated carbocycles. The minimum atomic E-state index is 0.845. The standard InChI is InChI=1S/C16H25NO/c1-14-7-8-16(15(2)13-14)18-12-6-5-11-17-9-3-4-10-17/h7-8,13H,3-6,9-12H2,1-2H3. The Bertz CT molecular complexity index is 369. The van der Waals surface area contributed by atoms with Gasteiger partial charge in [-0.3, -0.25) is 0 Å². The predicted molar refractivity (Wildman–Crippen MR) is 76.3 cm³/mol. The molecule has 2 rings (SSSR count). The molecule has 100 valence electrons. The van der Waals surface area contributed by atoms with Gasteiger partial charge in [-0.05, 0) is 70.8 Å². The molecule has 2 nitrogen and oxygen atoms in total. The lowest BCUT2D eigenvalue weighted by molar-refractivity contribution is 0.278. The molecule has 2 heteroatoms. The highest BCUT2D eigenvalue weighted by molar-refractivity contribution is 5.35. The maximum absolute atomic E-state index is 5.84. The van der Waals surface area contributed by atoms with Crippen molar-refractivity contribution >= 4 is 0 Å². The Morgan fingerprint density at radius 3 is 2.61 bits per heavy atom. The van der Waals surface area contributed by atoms with Gasteiger partial charge in [0, 0.05) is 0 Å². The van der Waals surface area contributed by atoms with Gasteiger partial charge in [0.1, 0.15) is 5.75 Å². The maximum Gasteiger partial charge on any atom is 0.122 e. The van der Waals surface area contributed by atoms with E-state index in [9.17, 15) is 0 Å². The van der Waals surface area contributed by atoms with Crippen LogP contribution >= 0.6 is 0 Å². The molecule has 0 N–H and O–H groups in total. The quantitative estimate of drug-likeness (QED) is 0.713. The number of aryl methyl sites for hydroxylation is 2. The van der Waals surface area contributed by atoms with Crippen LogP contribution < -0.4 is 4.74 Å². The second-order valence-electron chi connectivity index (χ2n) is 5.37. The van der Waals surface area contributed by atoms with Crippen molar-refractivity contribution in [2.45, 2.75) is 39.5 Å². The van der Waals surface area contributed by atoms with E-state index in [1.54, 1.807) is 0 Å². The number of rotatable bonds is 6. The second-order valence-corrected chi connectivity index (χ2v) is 5.37. The summed E-state index contributed by atoms with van der Waals surface area (Å²) in [5.41, 5.74) is 2.54. The molecule has 0 aromatic heterocycles. The third kappa shape index (κ3) is 4.02. The van der Waals surface area contributed by atoms with Crippen LogP contribution in [0.5, 0.6) is 5.75 Å². The van der Waals surface area contributed by atoms with Crippen LogP contribution in [0, 0.1) is 13.8 Å². The minimum absolute atomic E-state index is 0.845. The number of benzene rings is 1. The minimum Gasteiger partial charge on any atom is -0.493 e. The molecule has 1 aliphatic rings. The molecule has 1 fully saturated rings. The number of unbranched alkanes of at least 4 members (excludes halogenated alkanes) is 1. The third-order valence-corrected chi connectivity index (χ3v) is 3.66. The summed E-state index contributed by atoms with van der Waals surface area (Å²) in [5.74, 6) is 1.04. The molecular weight excluding hydrogens is 222 g/mol. The Labute approximate surface area is 111 Å². The Morgan fingerprint density at radius 2 is 1.89 bits per heavy atom. The summed E-state index contributed by atoms with van der Waals surface area (Å²) in [7, 11) is 0. The fourth-order valence-electron chi connectivity index (χ4n) is 2.59. The van der Waals surface area contributed by atoms with Gasteiger partial charge in [-0.2, -0.15) is 0 Å². The van der Waals surface area contributed by atoms with E-state index >= 15 is 0 Å². The lowest BCUT2D eigenvalue weighted by Crippen LogP contribution is -2.20. The van der Waals surface area contributed by atoms with E-state index in [4.69, 9.17) is 4.74 Å². The molecular formula is C16H25NO. The lowest BCUT2D eigenvalue weighted by Gasteiger charge is -2.14. The Balaban J connectivity index is 1.62. The van der Waals surface area contributed by atoms with Gasteiger partial charge in [0.05, 0.1) is 6.61 Å². The van der Waals surface area contributed by atoms with Crippen molar-refractivity contribution in [2.75, 3.05) is 26.2 Å². The predicted octanol–water partition coefficient (Wildman–Crippen LogP) is 3.56. The van der Waals surface area contributed by atoms with Gasteiger partial charge in [-0.1, -0.05) is 17.7 Å². The van der Waals surface area contributed by atoms with Crippen LogP contribution in [0.1, 0.15) is 36.8 Å². The lowest BCUT2D eigenvalue weighted by atomic mass is 10.1. The van der Waals surface area contributed by atoms with Gasteiger partial charge < -0.3 is 9.64 Å². The van der Waals surface area contributed by atoms with Gasteiger partial charge in [-0.15, -0.1) is 0 Å². The maximum atomic E-state index is 5.84. The molecule has 1 aromatic carbocycles. The monoisotopic (exact) mass is 247 g/mol. The van der Waals surface area contributed by atoms with Crippen LogP contribution in [0.3, 0.4) is 0 Å². The first-order chi connectivity index (χ1) is 8.75. The van der Waals surface area contributed by atoms with E-state index in [-0.39, 0.29) is 0 Å². The van der Waals surface area contributed by atoms with Crippen molar-refractivity contribution < 1.29 is 4.74 Å². The molecule has 0 atom stereocenters. The largest absolute Gasteiger partial charge is 0.493 e. The Hall–Kier alpha value is -1.02. The molecule has 0 bridgehead atoms. The summed E-state index contributed by atoms with van der Waals surface area (Å²) >= 11 is 0. The van der Waals surface area contributed by atoms with Crippen molar-refractivity contribution in [3.63, 3.8) is 0 Å². The molecule has 0 radical (unpaired) electrons. The topological polar surface area (TPSA) is 12.5 Å². The number of ether oxygens (including phenoxy) is 1. The molecule has 0 unspecified atom stereocenters. The SMILES string of the molecule is Cc1ccc(OCCCCN2CCCC2)c(C)c1. The molecule has 1 aromatic rings. The number of likely N-dealkylation sites (tertiary alicyclic amines) is 1. The van der Waals surface area contributed by atoms with E-state index in [1.165, 1.54) is 50.0 Å². The van der Waals surface area contributed by atoms with Crippen molar-refractivity contribution in [2.24, 2.45) is 0 Å². The highest BCUT2D eigenvalue weighted by atomic mass is 16.5. The van der Waals surface area contributed by atoms with Crippen molar-refractivity contribution in [3.8, 4) is 5.75 Å². The van der Waals surface area contributed by atoms with Crippen LogP contribution in [0.25, 0.3) is 0 Å². The smallest absolute Gasteiger partial charge is 0.122 e. The first-order valence-electron chi connectivity index (χ1n) is 7.18. The zero-order valence-electron chi connectivity index (χ0n) is 11.7. The summed E-state index contributed by atoms with van der Waals surface area (Å²) in [5, 5.41) is 0. The first kappa shape index (κ1) is 13.4. The van der Waals surface area contributed by atoms with Gasteiger partial charge in [-0.25, -0.2) is 0 Å². The van der Waals surface area contributed by atoms with E-state index in [2.05, 4.69) is 36.9 Å². The average Bonchev–Trinajstić information content (AvgIpc) is 2.84. The van der Waals surface area contributed by atoms with Gasteiger partial charge in [0.15, 0.2) is 0 Å². The molecule has 0 spiro atoms. The van der Waals surface area contributed by atoms with E-state index in [0.717, 1.165) is 18.8 Å². The highest BCUT2D eigenvalue weighted by Crippen LogP contribution is 2.19. The molecule has 1 heterocycles. The van der Waals surface area contributed by atoms with E-state index in [1.807, 2.05) is 0 Å². The number of nitrogens with zero attached hydrogens (tertiary/aromatic N) is 1. The van der Waals surface area contributed by atoms with Crippen molar-refractivity contribution in [1.29, 1.82) is 0 Å². The summed E-state index contributed by atoms with van der Waals surface area (Å²) in [6.07, 6.45) is 5.19. The average molecular weight is 247 g/mol. The molecule has 0 amide bonds. The number of hydrogen-bond donors (Lipinski definition) is 0. The Morgan fingerprint density at radius 1 is 1.11 bits per heavy atom. The van der Waals surface area contributed by atoms with Crippen LogP contribution in [0.4, 0.5) is 0 Å². The summed E-state index contributed by atoms with van der Waals surface area (Å²) in [4.78, 5) is 2.57. The summed E-state index contributed by atoms with van der Waals surface area (Å²) < 4.78 is 5.84. The van der Waals surface area contributed by atoms with E-state index in [0.29, 0.717) is 0 Å². The molecule has 0 aliphatic carbocycles. The second kappa shape index (κ2) is 6.79. The zero-order chi connectivity index (χ0) is 12.8. The first-order valence-corrected chi connectivity index (χ1v) is 7.18. The summed E-state index contributed by atoms with van der Waals surface area (Å²) in [6.45, 7) is 8.93.